The SMILES string of the molecule is CC(C)CC1CN(CC(C)(C)C)C(C(C)C)CN1. The van der Waals surface area contributed by atoms with Crippen molar-refractivity contribution < 1.29 is 0 Å². The first-order chi connectivity index (χ1) is 8.19. The van der Waals surface area contributed by atoms with Gasteiger partial charge in [-0.2, -0.15) is 0 Å². The molecule has 1 N–H and O–H groups in total. The number of piperazine rings is 1. The van der Waals surface area contributed by atoms with Gasteiger partial charge in [-0.15, -0.1) is 0 Å². The van der Waals surface area contributed by atoms with Crippen molar-refractivity contribution in [3.8, 4) is 0 Å². The largest absolute Gasteiger partial charge is 0.311 e. The molecule has 2 unspecified atom stereocenters. The van der Waals surface area contributed by atoms with Crippen LogP contribution in [0.15, 0.2) is 0 Å². The Kier molecular flexibility index (Phi) is 5.67. The van der Waals surface area contributed by atoms with Gasteiger partial charge in [0.1, 0.15) is 0 Å². The van der Waals surface area contributed by atoms with Gasteiger partial charge in [0.15, 0.2) is 0 Å². The van der Waals surface area contributed by atoms with Gasteiger partial charge in [0.2, 0.25) is 0 Å². The zero-order chi connectivity index (χ0) is 13.9. The molecule has 1 saturated heterocycles. The van der Waals surface area contributed by atoms with Gasteiger partial charge >= 0.3 is 0 Å². The number of hydrogen-bond donors (Lipinski definition) is 1. The highest BCUT2D eigenvalue weighted by Crippen LogP contribution is 2.23. The third kappa shape index (κ3) is 5.27. The molecule has 108 valence electrons. The van der Waals surface area contributed by atoms with Crippen molar-refractivity contribution in [3.05, 3.63) is 0 Å². The van der Waals surface area contributed by atoms with Crippen molar-refractivity contribution in [1.82, 2.24) is 10.2 Å². The van der Waals surface area contributed by atoms with Crippen LogP contribution in [0, 0.1) is 17.3 Å². The van der Waals surface area contributed by atoms with E-state index in [0.717, 1.165) is 18.4 Å². The smallest absolute Gasteiger partial charge is 0.0244 e. The highest BCUT2D eigenvalue weighted by Gasteiger charge is 2.32. The van der Waals surface area contributed by atoms with Gasteiger partial charge in [-0.3, -0.25) is 4.90 Å². The predicted molar refractivity (Wildman–Crippen MR) is 80.9 cm³/mol. The summed E-state index contributed by atoms with van der Waals surface area (Å²) in [7, 11) is 0. The van der Waals surface area contributed by atoms with Gasteiger partial charge in [-0.05, 0) is 23.7 Å². The molecule has 1 heterocycles. The average Bonchev–Trinajstić information content (AvgIpc) is 2.13. The lowest BCUT2D eigenvalue weighted by atomic mass is 9.90. The molecule has 0 bridgehead atoms. The Morgan fingerprint density at radius 3 is 2.22 bits per heavy atom. The van der Waals surface area contributed by atoms with Crippen LogP contribution in [0.4, 0.5) is 0 Å². The molecular weight excluding hydrogens is 220 g/mol. The van der Waals surface area contributed by atoms with Crippen molar-refractivity contribution in [2.45, 2.75) is 67.0 Å². The lowest BCUT2D eigenvalue weighted by molar-refractivity contribution is 0.0612. The molecule has 0 saturated carbocycles. The summed E-state index contributed by atoms with van der Waals surface area (Å²) in [5.41, 5.74) is 0.396. The predicted octanol–water partition coefficient (Wildman–Crippen LogP) is 3.38. The first-order valence-electron chi connectivity index (χ1n) is 7.66. The molecule has 1 aliphatic heterocycles. The summed E-state index contributed by atoms with van der Waals surface area (Å²) in [5.74, 6) is 1.52. The number of hydrogen-bond acceptors (Lipinski definition) is 2. The molecule has 1 rings (SSSR count). The molecular formula is C16H34N2. The molecule has 0 aromatic carbocycles. The molecule has 0 spiro atoms. The molecule has 1 aliphatic rings. The van der Waals surface area contributed by atoms with Crippen molar-refractivity contribution >= 4 is 0 Å². The van der Waals surface area contributed by atoms with Crippen molar-refractivity contribution in [2.24, 2.45) is 17.3 Å². The van der Waals surface area contributed by atoms with E-state index in [0.29, 0.717) is 17.5 Å². The standard InChI is InChI=1S/C16H34N2/c1-12(2)8-14-10-18(11-16(5,6)7)15(9-17-14)13(3)4/h12-15,17H,8-11H2,1-7H3. The highest BCUT2D eigenvalue weighted by atomic mass is 15.2. The van der Waals surface area contributed by atoms with E-state index in [1.54, 1.807) is 0 Å². The van der Waals surface area contributed by atoms with Gasteiger partial charge in [0.25, 0.3) is 0 Å². The zero-order valence-electron chi connectivity index (χ0n) is 13.6. The van der Waals surface area contributed by atoms with E-state index in [1.807, 2.05) is 0 Å². The topological polar surface area (TPSA) is 15.3 Å². The summed E-state index contributed by atoms with van der Waals surface area (Å²) < 4.78 is 0. The fourth-order valence-electron chi connectivity index (χ4n) is 3.07. The van der Waals surface area contributed by atoms with Crippen molar-refractivity contribution in [2.75, 3.05) is 19.6 Å². The maximum Gasteiger partial charge on any atom is 0.0244 e. The molecule has 0 amide bonds. The van der Waals surface area contributed by atoms with Crippen LogP contribution in [0.5, 0.6) is 0 Å². The maximum absolute atomic E-state index is 3.76. The minimum Gasteiger partial charge on any atom is -0.311 e. The molecule has 0 aromatic rings. The monoisotopic (exact) mass is 254 g/mol. The van der Waals surface area contributed by atoms with Crippen molar-refractivity contribution in [3.63, 3.8) is 0 Å². The van der Waals surface area contributed by atoms with Crippen LogP contribution < -0.4 is 5.32 Å². The fourth-order valence-corrected chi connectivity index (χ4v) is 3.07. The Bertz CT molecular complexity index is 240. The second-order valence-corrected chi connectivity index (χ2v) is 8.04. The lowest BCUT2D eigenvalue weighted by Crippen LogP contribution is -2.59. The normalized spacial score (nSPS) is 27.2. The number of nitrogens with one attached hydrogen (secondary N) is 1. The Labute approximate surface area is 115 Å². The third-order valence-electron chi connectivity index (χ3n) is 3.74. The van der Waals surface area contributed by atoms with E-state index in [4.69, 9.17) is 0 Å². The molecule has 1 fully saturated rings. The van der Waals surface area contributed by atoms with Crippen LogP contribution in [-0.2, 0) is 0 Å². The third-order valence-corrected chi connectivity index (χ3v) is 3.74. The zero-order valence-corrected chi connectivity index (χ0v) is 13.6. The van der Waals surface area contributed by atoms with E-state index >= 15 is 0 Å². The Balaban J connectivity index is 2.64. The van der Waals surface area contributed by atoms with Crippen LogP contribution in [0.25, 0.3) is 0 Å². The van der Waals surface area contributed by atoms with E-state index in [1.165, 1.54) is 19.5 Å². The Hall–Kier alpha value is -0.0800. The summed E-state index contributed by atoms with van der Waals surface area (Å²) in [6, 6.07) is 1.38. The Morgan fingerprint density at radius 1 is 1.17 bits per heavy atom. The molecule has 18 heavy (non-hydrogen) atoms. The first-order valence-corrected chi connectivity index (χ1v) is 7.66. The fraction of sp³-hybridized carbons (Fsp3) is 1.00. The molecule has 2 atom stereocenters. The molecule has 0 aromatic heterocycles. The van der Waals surface area contributed by atoms with E-state index < -0.39 is 0 Å². The number of rotatable bonds is 4. The lowest BCUT2D eigenvalue weighted by Gasteiger charge is -2.45. The summed E-state index contributed by atoms with van der Waals surface area (Å²) in [4.78, 5) is 2.73. The minimum atomic E-state index is 0.396. The second-order valence-electron chi connectivity index (χ2n) is 8.04. The van der Waals surface area contributed by atoms with Gasteiger partial charge in [-0.25, -0.2) is 0 Å². The maximum atomic E-state index is 3.76. The van der Waals surface area contributed by atoms with Gasteiger partial charge in [0.05, 0.1) is 0 Å². The van der Waals surface area contributed by atoms with Gasteiger partial charge < -0.3 is 5.32 Å². The van der Waals surface area contributed by atoms with Gasteiger partial charge in [-0.1, -0.05) is 48.5 Å². The molecule has 2 heteroatoms. The minimum absolute atomic E-state index is 0.396. The van der Waals surface area contributed by atoms with Crippen LogP contribution in [0.3, 0.4) is 0 Å². The molecule has 0 aliphatic carbocycles. The summed E-state index contributed by atoms with van der Waals surface area (Å²) in [6.07, 6.45) is 1.30. The first kappa shape index (κ1) is 16.0. The molecule has 0 radical (unpaired) electrons. The second kappa shape index (κ2) is 6.38. The number of nitrogens with zero attached hydrogens (tertiary/aromatic N) is 1. The summed E-state index contributed by atoms with van der Waals surface area (Å²) >= 11 is 0. The average molecular weight is 254 g/mol. The molecule has 2 nitrogen and oxygen atoms in total. The van der Waals surface area contributed by atoms with Crippen LogP contribution in [0.1, 0.15) is 54.9 Å². The van der Waals surface area contributed by atoms with Gasteiger partial charge in [0, 0.05) is 31.7 Å². The Morgan fingerprint density at radius 2 is 1.78 bits per heavy atom. The quantitative estimate of drug-likeness (QED) is 0.827. The summed E-state index contributed by atoms with van der Waals surface area (Å²) in [5, 5.41) is 3.76. The van der Waals surface area contributed by atoms with E-state index in [2.05, 4.69) is 58.7 Å². The van der Waals surface area contributed by atoms with Crippen LogP contribution >= 0.6 is 0 Å². The van der Waals surface area contributed by atoms with E-state index in [-0.39, 0.29) is 0 Å². The van der Waals surface area contributed by atoms with Crippen LogP contribution in [-0.4, -0.2) is 36.6 Å². The van der Waals surface area contributed by atoms with Crippen LogP contribution in [0.2, 0.25) is 0 Å². The van der Waals surface area contributed by atoms with E-state index in [9.17, 15) is 0 Å². The highest BCUT2D eigenvalue weighted by molar-refractivity contribution is 4.89. The van der Waals surface area contributed by atoms with Crippen molar-refractivity contribution in [1.29, 1.82) is 0 Å². The summed E-state index contributed by atoms with van der Waals surface area (Å²) in [6.45, 7) is 20.0.